The number of hydrogen-bond acceptors (Lipinski definition) is 4. The highest BCUT2D eigenvalue weighted by atomic mass is 32.1. The molecule has 3 nitrogen and oxygen atoms in total. The van der Waals surface area contributed by atoms with Crippen LogP contribution in [0.15, 0.2) is 47.9 Å². The lowest BCUT2D eigenvalue weighted by Gasteiger charge is -2.28. The van der Waals surface area contributed by atoms with E-state index in [9.17, 15) is 9.59 Å². The van der Waals surface area contributed by atoms with Crippen molar-refractivity contribution in [3.63, 3.8) is 0 Å². The SMILES string of the molecule is COc1ccc(C2=CC(=O)C(C(C)=O)C(c3cccs3)C2)cc1. The number of benzene rings is 1. The molecule has 0 aliphatic heterocycles. The first-order valence-corrected chi connectivity index (χ1v) is 8.41. The van der Waals surface area contributed by atoms with Crippen LogP contribution in [0.3, 0.4) is 0 Å². The zero-order valence-corrected chi connectivity index (χ0v) is 13.9. The number of allylic oxidation sites excluding steroid dienone is 2. The Morgan fingerprint density at radius 1 is 1.22 bits per heavy atom. The van der Waals surface area contributed by atoms with Gasteiger partial charge in [0.15, 0.2) is 5.78 Å². The summed E-state index contributed by atoms with van der Waals surface area (Å²) in [5.74, 6) is 0.0112. The van der Waals surface area contributed by atoms with Crippen LogP contribution < -0.4 is 4.74 Å². The molecule has 3 rings (SSSR count). The lowest BCUT2D eigenvalue weighted by Crippen LogP contribution is -2.30. The van der Waals surface area contributed by atoms with E-state index in [-0.39, 0.29) is 17.5 Å². The van der Waals surface area contributed by atoms with Crippen molar-refractivity contribution < 1.29 is 14.3 Å². The van der Waals surface area contributed by atoms with E-state index < -0.39 is 5.92 Å². The van der Waals surface area contributed by atoms with Gasteiger partial charge in [0, 0.05) is 10.8 Å². The monoisotopic (exact) mass is 326 g/mol. The van der Waals surface area contributed by atoms with Crippen LogP contribution in [0.25, 0.3) is 5.57 Å². The summed E-state index contributed by atoms with van der Waals surface area (Å²) in [6.07, 6.45) is 2.33. The third-order valence-electron chi connectivity index (χ3n) is 4.27. The number of methoxy groups -OCH3 is 1. The molecule has 2 aromatic rings. The van der Waals surface area contributed by atoms with E-state index >= 15 is 0 Å². The van der Waals surface area contributed by atoms with E-state index in [2.05, 4.69) is 0 Å². The Morgan fingerprint density at radius 2 is 1.96 bits per heavy atom. The van der Waals surface area contributed by atoms with Crippen LogP contribution in [-0.4, -0.2) is 18.7 Å². The first-order valence-electron chi connectivity index (χ1n) is 7.53. The first-order chi connectivity index (χ1) is 11.1. The third kappa shape index (κ3) is 3.13. The van der Waals surface area contributed by atoms with Crippen LogP contribution in [0, 0.1) is 5.92 Å². The molecular formula is C19H18O3S. The number of thiophene rings is 1. The maximum atomic E-state index is 12.5. The van der Waals surface area contributed by atoms with Crippen LogP contribution >= 0.6 is 11.3 Å². The van der Waals surface area contributed by atoms with Crippen molar-refractivity contribution in [3.8, 4) is 5.75 Å². The van der Waals surface area contributed by atoms with Gasteiger partial charge in [-0.25, -0.2) is 0 Å². The standard InChI is InChI=1S/C19H18O3S/c1-12(20)19-16(18-4-3-9-23-18)10-14(11-17(19)21)13-5-7-15(22-2)8-6-13/h3-9,11,16,19H,10H2,1-2H3. The summed E-state index contributed by atoms with van der Waals surface area (Å²) < 4.78 is 5.18. The van der Waals surface area contributed by atoms with E-state index in [0.29, 0.717) is 6.42 Å². The Morgan fingerprint density at radius 3 is 2.52 bits per heavy atom. The number of ketones is 2. The molecule has 1 aliphatic rings. The van der Waals surface area contributed by atoms with E-state index in [1.165, 1.54) is 6.92 Å². The smallest absolute Gasteiger partial charge is 0.167 e. The second kappa shape index (κ2) is 6.50. The second-order valence-electron chi connectivity index (χ2n) is 5.71. The molecule has 2 unspecified atom stereocenters. The summed E-state index contributed by atoms with van der Waals surface area (Å²) in [5, 5.41) is 1.99. The lowest BCUT2D eigenvalue weighted by atomic mass is 9.74. The van der Waals surface area contributed by atoms with Crippen molar-refractivity contribution in [2.45, 2.75) is 19.3 Å². The summed E-state index contributed by atoms with van der Waals surface area (Å²) >= 11 is 1.60. The Kier molecular flexibility index (Phi) is 4.44. The molecule has 118 valence electrons. The molecule has 0 saturated heterocycles. The molecular weight excluding hydrogens is 308 g/mol. The van der Waals surface area contributed by atoms with Gasteiger partial charge in [-0.15, -0.1) is 11.3 Å². The molecule has 1 aromatic heterocycles. The van der Waals surface area contributed by atoms with Crippen molar-refractivity contribution in [2.75, 3.05) is 7.11 Å². The predicted molar refractivity (Wildman–Crippen MR) is 91.8 cm³/mol. The zero-order valence-electron chi connectivity index (χ0n) is 13.1. The van der Waals surface area contributed by atoms with Gasteiger partial charge in [0.05, 0.1) is 13.0 Å². The van der Waals surface area contributed by atoms with Gasteiger partial charge in [-0.05, 0) is 54.1 Å². The largest absolute Gasteiger partial charge is 0.497 e. The van der Waals surface area contributed by atoms with Gasteiger partial charge in [-0.2, -0.15) is 0 Å². The molecule has 1 heterocycles. The summed E-state index contributed by atoms with van der Waals surface area (Å²) in [6.45, 7) is 1.51. The first kappa shape index (κ1) is 15.7. The lowest BCUT2D eigenvalue weighted by molar-refractivity contribution is -0.130. The minimum atomic E-state index is -0.560. The van der Waals surface area contributed by atoms with Crippen LogP contribution in [-0.2, 0) is 9.59 Å². The Labute approximate surface area is 139 Å². The van der Waals surface area contributed by atoms with Gasteiger partial charge in [-0.3, -0.25) is 9.59 Å². The molecule has 0 saturated carbocycles. The number of carbonyl (C=O) groups is 2. The molecule has 0 fully saturated rings. The van der Waals surface area contributed by atoms with Crippen molar-refractivity contribution in [2.24, 2.45) is 5.92 Å². The van der Waals surface area contributed by atoms with Crippen molar-refractivity contribution >= 4 is 28.5 Å². The summed E-state index contributed by atoms with van der Waals surface area (Å²) in [5.41, 5.74) is 1.98. The molecule has 1 aliphatic carbocycles. The highest BCUT2D eigenvalue weighted by molar-refractivity contribution is 7.10. The highest BCUT2D eigenvalue weighted by Gasteiger charge is 2.37. The maximum absolute atomic E-state index is 12.5. The zero-order chi connectivity index (χ0) is 16.4. The van der Waals surface area contributed by atoms with Gasteiger partial charge < -0.3 is 4.74 Å². The minimum absolute atomic E-state index is 0.0570. The summed E-state index contributed by atoms with van der Waals surface area (Å²) in [7, 11) is 1.63. The van der Waals surface area contributed by atoms with Crippen LogP contribution in [0.4, 0.5) is 0 Å². The Balaban J connectivity index is 1.97. The van der Waals surface area contributed by atoms with Crippen molar-refractivity contribution in [1.29, 1.82) is 0 Å². The van der Waals surface area contributed by atoms with E-state index in [1.807, 2.05) is 41.8 Å². The summed E-state index contributed by atoms with van der Waals surface area (Å²) in [4.78, 5) is 25.6. The van der Waals surface area contributed by atoms with Gasteiger partial charge >= 0.3 is 0 Å². The molecule has 0 amide bonds. The molecule has 0 spiro atoms. The Bertz CT molecular complexity index is 741. The number of rotatable bonds is 4. The molecule has 4 heteroatoms. The Hall–Kier alpha value is -2.20. The fourth-order valence-corrected chi connectivity index (χ4v) is 4.00. The third-order valence-corrected chi connectivity index (χ3v) is 5.28. The van der Waals surface area contributed by atoms with Gasteiger partial charge in [-0.1, -0.05) is 18.2 Å². The van der Waals surface area contributed by atoms with E-state index in [1.54, 1.807) is 24.5 Å². The fraction of sp³-hybridized carbons (Fsp3) is 0.263. The molecule has 2 atom stereocenters. The molecule has 0 radical (unpaired) electrons. The topological polar surface area (TPSA) is 43.4 Å². The average Bonchev–Trinajstić information content (AvgIpc) is 3.08. The minimum Gasteiger partial charge on any atom is -0.497 e. The fourth-order valence-electron chi connectivity index (χ4n) is 3.13. The summed E-state index contributed by atoms with van der Waals surface area (Å²) in [6, 6.07) is 11.7. The average molecular weight is 326 g/mol. The number of ether oxygens (including phenoxy) is 1. The van der Waals surface area contributed by atoms with Crippen molar-refractivity contribution in [1.82, 2.24) is 0 Å². The van der Waals surface area contributed by atoms with Gasteiger partial charge in [0.25, 0.3) is 0 Å². The molecule has 23 heavy (non-hydrogen) atoms. The van der Waals surface area contributed by atoms with Crippen LogP contribution in [0.1, 0.15) is 29.7 Å². The van der Waals surface area contributed by atoms with Crippen molar-refractivity contribution in [3.05, 3.63) is 58.3 Å². The normalized spacial score (nSPS) is 21.0. The number of carbonyl (C=O) groups excluding carboxylic acids is 2. The number of Topliss-reactive ketones (excluding diaryl/α,β-unsaturated/α-hetero) is 1. The maximum Gasteiger partial charge on any atom is 0.167 e. The second-order valence-corrected chi connectivity index (χ2v) is 6.69. The van der Waals surface area contributed by atoms with Crippen LogP contribution in [0.2, 0.25) is 0 Å². The molecule has 0 N–H and O–H groups in total. The molecule has 1 aromatic carbocycles. The van der Waals surface area contributed by atoms with Crippen LogP contribution in [0.5, 0.6) is 5.75 Å². The highest BCUT2D eigenvalue weighted by Crippen LogP contribution is 2.41. The molecule has 0 bridgehead atoms. The van der Waals surface area contributed by atoms with E-state index in [0.717, 1.165) is 21.8 Å². The number of hydrogen-bond donors (Lipinski definition) is 0. The predicted octanol–water partition coefficient (Wildman–Crippen LogP) is 4.10. The van der Waals surface area contributed by atoms with Gasteiger partial charge in [0.1, 0.15) is 11.5 Å². The van der Waals surface area contributed by atoms with E-state index in [4.69, 9.17) is 4.74 Å². The van der Waals surface area contributed by atoms with Gasteiger partial charge in [0.2, 0.25) is 0 Å². The quantitative estimate of drug-likeness (QED) is 0.794.